The van der Waals surface area contributed by atoms with Crippen LogP contribution in [0.1, 0.15) is 21.6 Å². The first-order chi connectivity index (χ1) is 9.24. The van der Waals surface area contributed by atoms with E-state index in [1.807, 2.05) is 30.5 Å². The summed E-state index contributed by atoms with van der Waals surface area (Å²) in [6, 6.07) is 8.11. The Hall–Kier alpha value is -2.14. The fourth-order valence-electron chi connectivity index (χ4n) is 1.98. The number of hydrogen-bond acceptors (Lipinski definition) is 3. The van der Waals surface area contributed by atoms with Crippen molar-refractivity contribution >= 4 is 22.2 Å². The number of aromatic nitrogens is 2. The summed E-state index contributed by atoms with van der Waals surface area (Å²) in [5, 5.41) is 4.76. The molecule has 4 nitrogen and oxygen atoms in total. The van der Waals surface area contributed by atoms with Crippen LogP contribution in [0, 0.1) is 6.92 Å². The van der Waals surface area contributed by atoms with E-state index < -0.39 is 0 Å². The molecular weight excluding hydrogens is 258 g/mol. The van der Waals surface area contributed by atoms with Gasteiger partial charge in [-0.3, -0.25) is 9.20 Å². The first-order valence-corrected chi connectivity index (χ1v) is 6.86. The highest BCUT2D eigenvalue weighted by Crippen LogP contribution is 2.14. The number of carbonyl (C=O) groups excluding carboxylic acids is 1. The summed E-state index contributed by atoms with van der Waals surface area (Å²) in [5.74, 6) is -0.0780. The van der Waals surface area contributed by atoms with Crippen LogP contribution in [0.25, 0.3) is 4.96 Å². The molecule has 1 amide bonds. The third-order valence-electron chi connectivity index (χ3n) is 2.91. The molecule has 2 aromatic heterocycles. The minimum Gasteiger partial charge on any atom is -0.347 e. The lowest BCUT2D eigenvalue weighted by molar-refractivity contribution is 0.0945. The van der Waals surface area contributed by atoms with Gasteiger partial charge in [-0.15, -0.1) is 11.3 Å². The molecule has 0 aliphatic carbocycles. The Balaban J connectivity index is 1.74. The van der Waals surface area contributed by atoms with Gasteiger partial charge in [-0.2, -0.15) is 0 Å². The Labute approximate surface area is 114 Å². The zero-order valence-corrected chi connectivity index (χ0v) is 11.3. The summed E-state index contributed by atoms with van der Waals surface area (Å²) in [6.45, 7) is 2.58. The molecule has 1 N–H and O–H groups in total. The normalized spacial score (nSPS) is 10.8. The molecular formula is C14H13N3OS. The van der Waals surface area contributed by atoms with Crippen molar-refractivity contribution in [3.05, 3.63) is 58.9 Å². The maximum atomic E-state index is 12.1. The van der Waals surface area contributed by atoms with Crippen LogP contribution in [0.2, 0.25) is 0 Å². The third-order valence-corrected chi connectivity index (χ3v) is 3.76. The Morgan fingerprint density at radius 2 is 2.37 bits per heavy atom. The maximum Gasteiger partial charge on any atom is 0.269 e. The number of nitrogens with one attached hydrogen (secondary N) is 1. The molecule has 0 saturated heterocycles. The Bertz CT molecular complexity index is 729. The monoisotopic (exact) mass is 271 g/mol. The van der Waals surface area contributed by atoms with Crippen LogP contribution in [0.3, 0.4) is 0 Å². The number of aryl methyl sites for hydroxylation is 1. The van der Waals surface area contributed by atoms with Gasteiger partial charge >= 0.3 is 0 Å². The van der Waals surface area contributed by atoms with Gasteiger partial charge in [0, 0.05) is 24.3 Å². The molecule has 0 saturated carbocycles. The van der Waals surface area contributed by atoms with E-state index in [0.29, 0.717) is 12.2 Å². The Kier molecular flexibility index (Phi) is 3.05. The highest BCUT2D eigenvalue weighted by atomic mass is 32.1. The van der Waals surface area contributed by atoms with Crippen molar-refractivity contribution < 1.29 is 4.79 Å². The van der Waals surface area contributed by atoms with E-state index >= 15 is 0 Å². The highest BCUT2D eigenvalue weighted by Gasteiger charge is 2.11. The van der Waals surface area contributed by atoms with Crippen molar-refractivity contribution in [3.63, 3.8) is 0 Å². The largest absolute Gasteiger partial charge is 0.347 e. The second-order valence-electron chi connectivity index (χ2n) is 4.37. The van der Waals surface area contributed by atoms with Gasteiger partial charge in [0.25, 0.3) is 5.91 Å². The average Bonchev–Trinajstić information content (AvgIpc) is 2.98. The SMILES string of the molecule is Cc1cccc(CNC(=O)c2csc3nccn23)c1. The average molecular weight is 271 g/mol. The van der Waals surface area contributed by atoms with Gasteiger partial charge in [-0.05, 0) is 12.5 Å². The molecule has 5 heteroatoms. The fraction of sp³-hybridized carbons (Fsp3) is 0.143. The van der Waals surface area contributed by atoms with E-state index in [2.05, 4.69) is 16.4 Å². The summed E-state index contributed by atoms with van der Waals surface area (Å²) in [6.07, 6.45) is 3.50. The van der Waals surface area contributed by atoms with Crippen LogP contribution in [-0.4, -0.2) is 15.3 Å². The molecule has 0 unspecified atom stereocenters. The number of hydrogen-bond donors (Lipinski definition) is 1. The standard InChI is InChI=1S/C14H13N3OS/c1-10-3-2-4-11(7-10)8-16-13(18)12-9-19-14-15-5-6-17(12)14/h2-7,9H,8H2,1H3,(H,16,18). The molecule has 0 fully saturated rings. The summed E-state index contributed by atoms with van der Waals surface area (Å²) < 4.78 is 1.80. The van der Waals surface area contributed by atoms with Gasteiger partial charge in [-0.1, -0.05) is 29.8 Å². The number of carbonyl (C=O) groups is 1. The van der Waals surface area contributed by atoms with Crippen LogP contribution in [0.5, 0.6) is 0 Å². The van der Waals surface area contributed by atoms with Gasteiger partial charge in [0.05, 0.1) is 0 Å². The molecule has 96 valence electrons. The van der Waals surface area contributed by atoms with Gasteiger partial charge in [0.1, 0.15) is 5.69 Å². The lowest BCUT2D eigenvalue weighted by Crippen LogP contribution is -2.23. The molecule has 0 aliphatic rings. The summed E-state index contributed by atoms with van der Waals surface area (Å²) >= 11 is 1.46. The number of thiazole rings is 1. The number of fused-ring (bicyclic) bond motifs is 1. The lowest BCUT2D eigenvalue weighted by Gasteiger charge is -2.05. The second kappa shape index (κ2) is 4.85. The minimum atomic E-state index is -0.0780. The lowest BCUT2D eigenvalue weighted by atomic mass is 10.1. The molecule has 19 heavy (non-hydrogen) atoms. The van der Waals surface area contributed by atoms with Crippen LogP contribution in [0.15, 0.2) is 42.0 Å². The predicted molar refractivity (Wildman–Crippen MR) is 75.4 cm³/mol. The van der Waals surface area contributed by atoms with Crippen molar-refractivity contribution in [2.24, 2.45) is 0 Å². The smallest absolute Gasteiger partial charge is 0.269 e. The fourth-order valence-corrected chi connectivity index (χ4v) is 2.82. The molecule has 3 aromatic rings. The molecule has 3 rings (SSSR count). The predicted octanol–water partition coefficient (Wildman–Crippen LogP) is 2.63. The van der Waals surface area contributed by atoms with E-state index in [1.54, 1.807) is 16.8 Å². The molecule has 0 bridgehead atoms. The molecule has 0 radical (unpaired) electrons. The van der Waals surface area contributed by atoms with Crippen LogP contribution in [-0.2, 0) is 6.54 Å². The van der Waals surface area contributed by atoms with Crippen molar-refractivity contribution in [1.82, 2.24) is 14.7 Å². The van der Waals surface area contributed by atoms with Gasteiger partial charge in [0.2, 0.25) is 0 Å². The van der Waals surface area contributed by atoms with E-state index in [9.17, 15) is 4.79 Å². The van der Waals surface area contributed by atoms with E-state index in [4.69, 9.17) is 0 Å². The number of rotatable bonds is 3. The topological polar surface area (TPSA) is 46.4 Å². The van der Waals surface area contributed by atoms with E-state index in [0.717, 1.165) is 10.5 Å². The summed E-state index contributed by atoms with van der Waals surface area (Å²) in [7, 11) is 0. The van der Waals surface area contributed by atoms with Crippen LogP contribution < -0.4 is 5.32 Å². The van der Waals surface area contributed by atoms with Crippen molar-refractivity contribution in [3.8, 4) is 0 Å². The molecule has 0 atom stereocenters. The molecule has 0 spiro atoms. The Morgan fingerprint density at radius 3 is 3.21 bits per heavy atom. The first kappa shape index (κ1) is 11.9. The van der Waals surface area contributed by atoms with Crippen molar-refractivity contribution in [2.45, 2.75) is 13.5 Å². The molecule has 1 aromatic carbocycles. The summed E-state index contributed by atoms with van der Waals surface area (Å²) in [4.78, 5) is 17.1. The van der Waals surface area contributed by atoms with E-state index in [-0.39, 0.29) is 5.91 Å². The minimum absolute atomic E-state index is 0.0780. The van der Waals surface area contributed by atoms with Crippen molar-refractivity contribution in [2.75, 3.05) is 0 Å². The second-order valence-corrected chi connectivity index (χ2v) is 5.21. The highest BCUT2D eigenvalue weighted by molar-refractivity contribution is 7.15. The number of amides is 1. The van der Waals surface area contributed by atoms with Gasteiger partial charge in [-0.25, -0.2) is 4.98 Å². The number of nitrogens with zero attached hydrogens (tertiary/aromatic N) is 2. The molecule has 2 heterocycles. The van der Waals surface area contributed by atoms with Crippen LogP contribution in [0.4, 0.5) is 0 Å². The summed E-state index contributed by atoms with van der Waals surface area (Å²) in [5.41, 5.74) is 2.93. The van der Waals surface area contributed by atoms with Crippen LogP contribution >= 0.6 is 11.3 Å². The number of benzene rings is 1. The zero-order chi connectivity index (χ0) is 13.2. The van der Waals surface area contributed by atoms with Crippen molar-refractivity contribution in [1.29, 1.82) is 0 Å². The molecule has 0 aliphatic heterocycles. The number of imidazole rings is 1. The maximum absolute atomic E-state index is 12.1. The van der Waals surface area contributed by atoms with E-state index in [1.165, 1.54) is 16.9 Å². The quantitative estimate of drug-likeness (QED) is 0.796. The zero-order valence-electron chi connectivity index (χ0n) is 10.5. The third kappa shape index (κ3) is 2.37. The van der Waals surface area contributed by atoms with Gasteiger partial charge < -0.3 is 5.32 Å². The Morgan fingerprint density at radius 1 is 1.47 bits per heavy atom. The van der Waals surface area contributed by atoms with Gasteiger partial charge in [0.15, 0.2) is 4.96 Å². The first-order valence-electron chi connectivity index (χ1n) is 5.98.